The number of amidine groups is 1. The fourth-order valence-corrected chi connectivity index (χ4v) is 2.90. The van der Waals surface area contributed by atoms with Gasteiger partial charge in [-0.3, -0.25) is 4.79 Å². The highest BCUT2D eigenvalue weighted by molar-refractivity contribution is 5.97. The Bertz CT molecular complexity index is 901. The molecule has 1 heterocycles. The molecule has 1 amide bonds. The van der Waals surface area contributed by atoms with E-state index in [9.17, 15) is 18.4 Å². The second-order valence-corrected chi connectivity index (χ2v) is 6.86. The number of nitrogens with two attached hydrogens (primary N) is 1. The Morgan fingerprint density at radius 3 is 2.77 bits per heavy atom. The summed E-state index contributed by atoms with van der Waals surface area (Å²) in [5.41, 5.74) is 9.30. The van der Waals surface area contributed by atoms with Crippen molar-refractivity contribution < 1.29 is 23.2 Å². The van der Waals surface area contributed by atoms with E-state index in [1.54, 1.807) is 24.8 Å². The van der Waals surface area contributed by atoms with E-state index in [4.69, 9.17) is 10.6 Å². The van der Waals surface area contributed by atoms with Crippen molar-refractivity contribution in [2.24, 2.45) is 16.8 Å². The highest BCUT2D eigenvalue weighted by atomic mass is 19.1. The number of carbonyl (C=O) groups is 2. The normalized spacial score (nSPS) is 17.8. The summed E-state index contributed by atoms with van der Waals surface area (Å²) in [7, 11) is 0. The Kier molecular flexibility index (Phi) is 8.50. The second-order valence-electron chi connectivity index (χ2n) is 6.86. The number of oxime groups is 1. The van der Waals surface area contributed by atoms with E-state index >= 15 is 0 Å². The fraction of sp³-hybridized carbons (Fsp3) is 0.364. The molecule has 8 heteroatoms. The summed E-state index contributed by atoms with van der Waals surface area (Å²) in [5.74, 6) is -2.38. The van der Waals surface area contributed by atoms with Gasteiger partial charge in [0.25, 0.3) is 0 Å². The molecule has 1 unspecified atom stereocenters. The minimum absolute atomic E-state index is 0.0289. The van der Waals surface area contributed by atoms with Crippen LogP contribution in [-0.2, 0) is 14.4 Å². The van der Waals surface area contributed by atoms with Crippen molar-refractivity contribution in [1.82, 2.24) is 4.90 Å². The van der Waals surface area contributed by atoms with Gasteiger partial charge in [0, 0.05) is 30.6 Å². The first-order valence-corrected chi connectivity index (χ1v) is 9.70. The lowest BCUT2D eigenvalue weighted by Crippen LogP contribution is -2.30. The molecule has 1 aromatic rings. The molecule has 6 nitrogen and oxygen atoms in total. The molecule has 0 saturated carbocycles. The Balaban J connectivity index is 2.00. The molecule has 0 aromatic heterocycles. The van der Waals surface area contributed by atoms with Gasteiger partial charge in [0.05, 0.1) is 5.92 Å². The molecular weight excluding hydrogens is 392 g/mol. The topological polar surface area (TPSA) is 85.0 Å². The number of benzene rings is 1. The van der Waals surface area contributed by atoms with Crippen LogP contribution in [0, 0.1) is 11.7 Å². The lowest BCUT2D eigenvalue weighted by Gasteiger charge is -2.20. The van der Waals surface area contributed by atoms with Gasteiger partial charge in [-0.25, -0.2) is 13.6 Å². The maximum atomic E-state index is 13.1. The van der Waals surface area contributed by atoms with E-state index in [1.165, 1.54) is 30.3 Å². The average Bonchev–Trinajstić information content (AvgIpc) is 2.93. The monoisotopic (exact) mass is 417 g/mol. The minimum atomic E-state index is -0.648. The molecule has 0 radical (unpaired) electrons. The van der Waals surface area contributed by atoms with Crippen molar-refractivity contribution >= 4 is 17.7 Å². The Morgan fingerprint density at radius 2 is 2.10 bits per heavy atom. The summed E-state index contributed by atoms with van der Waals surface area (Å²) in [6.45, 7) is 3.87. The van der Waals surface area contributed by atoms with Crippen LogP contribution in [0.4, 0.5) is 8.78 Å². The van der Waals surface area contributed by atoms with Crippen LogP contribution in [0.2, 0.25) is 0 Å². The number of hydrogen-bond donors (Lipinski definition) is 1. The Morgan fingerprint density at radius 1 is 1.40 bits per heavy atom. The predicted molar refractivity (Wildman–Crippen MR) is 109 cm³/mol. The smallest absolute Gasteiger partial charge is 0.338 e. The Hall–Kier alpha value is -3.25. The standard InChI is InChI=1S/C22H25F2N3O3/c1-3-18(23)8-4-6-15(2)27-13-5-7-17(14-20(27)28)22(29)30-26-21(25)16-9-11-19(24)12-10-16/h4,6,9-12,17H,3,5,7,13-14H2,1-2H3,(H2,25,26). The molecule has 1 aromatic carbocycles. The number of rotatable bonds is 6. The molecule has 1 saturated heterocycles. The van der Waals surface area contributed by atoms with Crippen molar-refractivity contribution in [1.29, 1.82) is 0 Å². The summed E-state index contributed by atoms with van der Waals surface area (Å²) >= 11 is 0. The van der Waals surface area contributed by atoms with Crippen molar-refractivity contribution in [3.8, 4) is 0 Å². The zero-order chi connectivity index (χ0) is 22.1. The predicted octanol–water partition coefficient (Wildman–Crippen LogP) is 3.94. The maximum absolute atomic E-state index is 13.1. The summed E-state index contributed by atoms with van der Waals surface area (Å²) in [4.78, 5) is 31.4. The van der Waals surface area contributed by atoms with Gasteiger partial charge in [0.1, 0.15) is 11.6 Å². The van der Waals surface area contributed by atoms with E-state index in [2.05, 4.69) is 10.9 Å². The number of carbonyl (C=O) groups excluding carboxylic acids is 2. The number of amides is 1. The molecule has 1 aliphatic heterocycles. The van der Waals surface area contributed by atoms with Crippen LogP contribution < -0.4 is 5.73 Å². The van der Waals surface area contributed by atoms with Gasteiger partial charge in [-0.2, -0.15) is 0 Å². The largest absolute Gasteiger partial charge is 0.380 e. The van der Waals surface area contributed by atoms with Crippen LogP contribution in [0.15, 0.2) is 58.8 Å². The number of likely N-dealkylation sites (tertiary alicyclic amines) is 1. The number of nitrogens with zero attached hydrogens (tertiary/aromatic N) is 2. The molecule has 1 atom stereocenters. The van der Waals surface area contributed by atoms with E-state index in [0.717, 1.165) is 0 Å². The quantitative estimate of drug-likeness (QED) is 0.190. The Labute approximate surface area is 174 Å². The van der Waals surface area contributed by atoms with Crippen LogP contribution in [0.5, 0.6) is 0 Å². The third-order valence-corrected chi connectivity index (χ3v) is 4.66. The minimum Gasteiger partial charge on any atom is -0.380 e. The molecule has 1 aliphatic rings. The molecule has 2 rings (SSSR count). The molecule has 0 bridgehead atoms. The molecule has 30 heavy (non-hydrogen) atoms. The van der Waals surface area contributed by atoms with E-state index in [0.29, 0.717) is 30.6 Å². The van der Waals surface area contributed by atoms with Gasteiger partial charge in [-0.05, 0) is 56.2 Å². The van der Waals surface area contributed by atoms with Crippen LogP contribution in [0.3, 0.4) is 0 Å². The third kappa shape index (κ3) is 6.67. The number of halogens is 2. The molecule has 0 aliphatic carbocycles. The van der Waals surface area contributed by atoms with Gasteiger partial charge >= 0.3 is 5.97 Å². The first kappa shape index (κ1) is 23.0. The van der Waals surface area contributed by atoms with Gasteiger partial charge in [-0.1, -0.05) is 17.8 Å². The van der Waals surface area contributed by atoms with Crippen LogP contribution >= 0.6 is 0 Å². The van der Waals surface area contributed by atoms with E-state index in [-0.39, 0.29) is 30.4 Å². The van der Waals surface area contributed by atoms with E-state index < -0.39 is 17.7 Å². The van der Waals surface area contributed by atoms with Crippen LogP contribution in [0.1, 0.15) is 45.1 Å². The molecule has 0 spiro atoms. The highest BCUT2D eigenvalue weighted by Crippen LogP contribution is 2.22. The summed E-state index contributed by atoms with van der Waals surface area (Å²) in [6.07, 6.45) is 4.32. The first-order chi connectivity index (χ1) is 14.3. The van der Waals surface area contributed by atoms with Gasteiger partial charge in [0.2, 0.25) is 5.91 Å². The number of hydrogen-bond acceptors (Lipinski definition) is 4. The molecule has 1 fully saturated rings. The van der Waals surface area contributed by atoms with Crippen molar-refractivity contribution in [2.45, 2.75) is 39.5 Å². The summed E-state index contributed by atoms with van der Waals surface area (Å²) in [6, 6.07) is 5.27. The van der Waals surface area contributed by atoms with Gasteiger partial charge in [-0.15, -0.1) is 0 Å². The van der Waals surface area contributed by atoms with Crippen molar-refractivity contribution in [2.75, 3.05) is 6.54 Å². The summed E-state index contributed by atoms with van der Waals surface area (Å²) in [5, 5.41) is 3.61. The SMILES string of the molecule is CCC(F)=C=CC=C(C)N1CCCC(C(=O)ON=C(N)c2ccc(F)cc2)CC1=O. The summed E-state index contributed by atoms with van der Waals surface area (Å²) < 4.78 is 26.1. The lowest BCUT2D eigenvalue weighted by molar-refractivity contribution is -0.150. The van der Waals surface area contributed by atoms with Gasteiger partial charge < -0.3 is 15.5 Å². The number of allylic oxidation sites excluding steroid dienone is 3. The first-order valence-electron chi connectivity index (χ1n) is 9.70. The molecule has 160 valence electrons. The zero-order valence-electron chi connectivity index (χ0n) is 17.0. The van der Waals surface area contributed by atoms with E-state index in [1.807, 2.05) is 0 Å². The lowest BCUT2D eigenvalue weighted by atomic mass is 10.0. The zero-order valence-corrected chi connectivity index (χ0v) is 17.0. The maximum Gasteiger partial charge on any atom is 0.338 e. The fourth-order valence-electron chi connectivity index (χ4n) is 2.90. The average molecular weight is 417 g/mol. The molecule has 2 N–H and O–H groups in total. The van der Waals surface area contributed by atoms with Crippen molar-refractivity contribution in [3.05, 3.63) is 65.1 Å². The van der Waals surface area contributed by atoms with Crippen molar-refractivity contribution in [3.63, 3.8) is 0 Å². The second kappa shape index (κ2) is 11.1. The van der Waals surface area contributed by atoms with Gasteiger partial charge in [0.15, 0.2) is 5.84 Å². The highest BCUT2D eigenvalue weighted by Gasteiger charge is 2.30. The third-order valence-electron chi connectivity index (χ3n) is 4.66. The van der Waals surface area contributed by atoms with Crippen LogP contribution in [0.25, 0.3) is 0 Å². The molecular formula is C22H25F2N3O3. The van der Waals surface area contributed by atoms with Crippen LogP contribution in [-0.4, -0.2) is 29.2 Å².